The zero-order valence-electron chi connectivity index (χ0n) is 14.7. The third-order valence-corrected chi connectivity index (χ3v) is 4.71. The molecule has 0 saturated carbocycles. The van der Waals surface area contributed by atoms with E-state index < -0.39 is 5.92 Å². The molecule has 4 rings (SSSR count). The molecule has 1 heterocycles. The summed E-state index contributed by atoms with van der Waals surface area (Å²) in [5.41, 5.74) is 2.97. The van der Waals surface area contributed by atoms with Crippen LogP contribution in [0.4, 0.5) is 5.69 Å². The topological polar surface area (TPSA) is 46.6 Å². The molecule has 27 heavy (non-hydrogen) atoms. The lowest BCUT2D eigenvalue weighted by Gasteiger charge is -2.16. The highest BCUT2D eigenvalue weighted by Crippen LogP contribution is 2.27. The Labute approximate surface area is 158 Å². The molecule has 1 amide bonds. The summed E-state index contributed by atoms with van der Waals surface area (Å²) < 4.78 is 5.50. The second-order valence-electron chi connectivity index (χ2n) is 6.55. The predicted molar refractivity (Wildman–Crippen MR) is 104 cm³/mol. The van der Waals surface area contributed by atoms with Gasteiger partial charge in [-0.1, -0.05) is 60.7 Å². The van der Waals surface area contributed by atoms with Crippen LogP contribution in [0.15, 0.2) is 84.9 Å². The van der Waals surface area contributed by atoms with Gasteiger partial charge in [0.1, 0.15) is 5.75 Å². The minimum absolute atomic E-state index is 0.0532. The predicted octanol–water partition coefficient (Wildman–Crippen LogP) is 4.31. The average molecular weight is 357 g/mol. The summed E-state index contributed by atoms with van der Waals surface area (Å²) in [6.45, 7) is 0.351. The molecule has 3 aromatic carbocycles. The number of carbonyl (C=O) groups excluding carboxylic acids is 2. The Morgan fingerprint density at radius 1 is 0.815 bits per heavy atom. The van der Waals surface area contributed by atoms with E-state index in [-0.39, 0.29) is 18.3 Å². The fourth-order valence-corrected chi connectivity index (χ4v) is 3.27. The summed E-state index contributed by atoms with van der Waals surface area (Å²) in [6.07, 6.45) is 0.176. The van der Waals surface area contributed by atoms with Gasteiger partial charge < -0.3 is 9.64 Å². The highest BCUT2D eigenvalue weighted by Gasteiger charge is 2.36. The van der Waals surface area contributed by atoms with Gasteiger partial charge in [0, 0.05) is 18.7 Å². The van der Waals surface area contributed by atoms with Crippen molar-refractivity contribution in [1.29, 1.82) is 0 Å². The summed E-state index contributed by atoms with van der Waals surface area (Å²) in [4.78, 5) is 26.4. The number of rotatable bonds is 4. The highest BCUT2D eigenvalue weighted by atomic mass is 16.5. The zero-order chi connectivity index (χ0) is 18.6. The quantitative estimate of drug-likeness (QED) is 0.516. The lowest BCUT2D eigenvalue weighted by molar-refractivity contribution is -0.139. The first-order chi connectivity index (χ1) is 13.2. The average Bonchev–Trinajstić information content (AvgIpc) is 3.12. The summed E-state index contributed by atoms with van der Waals surface area (Å²) >= 11 is 0. The normalized spacial score (nSPS) is 16.4. The Kier molecular flexibility index (Phi) is 4.71. The molecule has 1 aliphatic heterocycles. The van der Waals surface area contributed by atoms with Crippen LogP contribution in [-0.4, -0.2) is 18.4 Å². The molecule has 1 aliphatic rings. The van der Waals surface area contributed by atoms with Crippen LogP contribution in [0, 0.1) is 5.92 Å². The molecule has 1 atom stereocenters. The van der Waals surface area contributed by atoms with E-state index in [0.29, 0.717) is 12.3 Å². The first kappa shape index (κ1) is 17.0. The lowest BCUT2D eigenvalue weighted by Crippen LogP contribution is -2.27. The SMILES string of the molecule is O=C(Oc1ccc(-c2ccccc2)cc1)[C@H]1CC(=O)N(c2ccccc2)C1. The molecule has 0 aromatic heterocycles. The smallest absolute Gasteiger partial charge is 0.316 e. The van der Waals surface area contributed by atoms with Crippen molar-refractivity contribution in [3.8, 4) is 16.9 Å². The number of para-hydroxylation sites is 1. The maximum absolute atomic E-state index is 12.5. The largest absolute Gasteiger partial charge is 0.426 e. The number of hydrogen-bond donors (Lipinski definition) is 0. The Morgan fingerprint density at radius 2 is 1.41 bits per heavy atom. The van der Waals surface area contributed by atoms with Crippen molar-refractivity contribution in [3.05, 3.63) is 84.9 Å². The van der Waals surface area contributed by atoms with Gasteiger partial charge in [0.05, 0.1) is 5.92 Å². The van der Waals surface area contributed by atoms with E-state index in [2.05, 4.69) is 0 Å². The van der Waals surface area contributed by atoms with Crippen LogP contribution in [-0.2, 0) is 9.59 Å². The number of hydrogen-bond acceptors (Lipinski definition) is 3. The number of carbonyl (C=O) groups is 2. The van der Waals surface area contributed by atoms with Crippen molar-refractivity contribution < 1.29 is 14.3 Å². The van der Waals surface area contributed by atoms with Crippen molar-refractivity contribution in [3.63, 3.8) is 0 Å². The molecule has 0 N–H and O–H groups in total. The van der Waals surface area contributed by atoms with Gasteiger partial charge in [0.25, 0.3) is 0 Å². The minimum atomic E-state index is -0.452. The molecule has 0 radical (unpaired) electrons. The molecule has 0 aliphatic carbocycles. The third-order valence-electron chi connectivity index (χ3n) is 4.71. The first-order valence-electron chi connectivity index (χ1n) is 8.93. The van der Waals surface area contributed by atoms with Crippen LogP contribution in [0.3, 0.4) is 0 Å². The second-order valence-corrected chi connectivity index (χ2v) is 6.55. The summed E-state index contributed by atoms with van der Waals surface area (Å²) in [5, 5.41) is 0. The van der Waals surface area contributed by atoms with Crippen LogP contribution in [0.1, 0.15) is 6.42 Å². The molecule has 4 heteroatoms. The van der Waals surface area contributed by atoms with Crippen LogP contribution >= 0.6 is 0 Å². The van der Waals surface area contributed by atoms with E-state index in [9.17, 15) is 9.59 Å². The number of nitrogens with zero attached hydrogens (tertiary/aromatic N) is 1. The molecule has 0 unspecified atom stereocenters. The second kappa shape index (κ2) is 7.46. The molecule has 0 spiro atoms. The zero-order valence-corrected chi connectivity index (χ0v) is 14.7. The number of anilines is 1. The van der Waals surface area contributed by atoms with E-state index >= 15 is 0 Å². The van der Waals surface area contributed by atoms with Crippen LogP contribution < -0.4 is 9.64 Å². The van der Waals surface area contributed by atoms with E-state index in [1.54, 1.807) is 17.0 Å². The Bertz CT molecular complexity index is 936. The van der Waals surface area contributed by atoms with Gasteiger partial charge in [-0.3, -0.25) is 9.59 Å². The molecule has 4 nitrogen and oxygen atoms in total. The molecular formula is C23H19NO3. The fraction of sp³-hybridized carbons (Fsp3) is 0.130. The number of ether oxygens (including phenoxy) is 1. The number of amides is 1. The molecule has 134 valence electrons. The maximum Gasteiger partial charge on any atom is 0.316 e. The van der Waals surface area contributed by atoms with E-state index in [0.717, 1.165) is 16.8 Å². The standard InChI is InChI=1S/C23H19NO3/c25-22-15-19(16-24(22)20-9-5-2-6-10-20)23(26)27-21-13-11-18(12-14-21)17-7-3-1-4-8-17/h1-14,19H,15-16H2/t19-/m0/s1. The summed E-state index contributed by atoms with van der Waals surface area (Å²) in [7, 11) is 0. The lowest BCUT2D eigenvalue weighted by atomic mass is 10.1. The monoisotopic (exact) mass is 357 g/mol. The van der Waals surface area contributed by atoms with Gasteiger partial charge >= 0.3 is 5.97 Å². The number of benzene rings is 3. The van der Waals surface area contributed by atoms with E-state index in [4.69, 9.17) is 4.74 Å². The Morgan fingerprint density at radius 3 is 2.07 bits per heavy atom. The van der Waals surface area contributed by atoms with Crippen molar-refractivity contribution >= 4 is 17.6 Å². The molecule has 1 fully saturated rings. The summed E-state index contributed by atoms with van der Waals surface area (Å²) in [5.74, 6) is -0.381. The fourth-order valence-electron chi connectivity index (χ4n) is 3.27. The Balaban J connectivity index is 1.41. The van der Waals surface area contributed by atoms with Crippen LogP contribution in [0.25, 0.3) is 11.1 Å². The molecular weight excluding hydrogens is 338 g/mol. The van der Waals surface area contributed by atoms with Gasteiger partial charge in [0.15, 0.2) is 0 Å². The Hall–Kier alpha value is -3.40. The van der Waals surface area contributed by atoms with Crippen LogP contribution in [0.5, 0.6) is 5.75 Å². The molecule has 3 aromatic rings. The van der Waals surface area contributed by atoms with Crippen molar-refractivity contribution in [2.75, 3.05) is 11.4 Å². The van der Waals surface area contributed by atoms with E-state index in [1.165, 1.54) is 0 Å². The highest BCUT2D eigenvalue weighted by molar-refractivity contribution is 5.99. The van der Waals surface area contributed by atoms with Crippen molar-refractivity contribution in [2.24, 2.45) is 5.92 Å². The van der Waals surface area contributed by atoms with Gasteiger partial charge in [0.2, 0.25) is 5.91 Å². The minimum Gasteiger partial charge on any atom is -0.426 e. The third kappa shape index (κ3) is 3.75. The molecule has 0 bridgehead atoms. The van der Waals surface area contributed by atoms with Crippen molar-refractivity contribution in [1.82, 2.24) is 0 Å². The molecule has 1 saturated heterocycles. The van der Waals surface area contributed by atoms with Gasteiger partial charge in [-0.05, 0) is 35.4 Å². The number of esters is 1. The van der Waals surface area contributed by atoms with Crippen molar-refractivity contribution in [2.45, 2.75) is 6.42 Å². The maximum atomic E-state index is 12.5. The van der Waals surface area contributed by atoms with Crippen LogP contribution in [0.2, 0.25) is 0 Å². The van der Waals surface area contributed by atoms with Gasteiger partial charge in [-0.15, -0.1) is 0 Å². The summed E-state index contributed by atoms with van der Waals surface area (Å²) in [6, 6.07) is 26.8. The van der Waals surface area contributed by atoms with Gasteiger partial charge in [-0.2, -0.15) is 0 Å². The first-order valence-corrected chi connectivity index (χ1v) is 8.93. The van der Waals surface area contributed by atoms with E-state index in [1.807, 2.05) is 72.8 Å². The van der Waals surface area contributed by atoms with Gasteiger partial charge in [-0.25, -0.2) is 0 Å².